The van der Waals surface area contributed by atoms with Crippen molar-refractivity contribution in [2.24, 2.45) is 5.92 Å². The minimum Gasteiger partial charge on any atom is -0.465 e. The van der Waals surface area contributed by atoms with E-state index >= 15 is 0 Å². The zero-order valence-corrected chi connectivity index (χ0v) is 14.9. The van der Waals surface area contributed by atoms with Crippen molar-refractivity contribution in [3.8, 4) is 6.07 Å². The molecule has 2 amide bonds. The van der Waals surface area contributed by atoms with Gasteiger partial charge in [-0.25, -0.2) is 4.79 Å². The first kappa shape index (κ1) is 21.0. The van der Waals surface area contributed by atoms with Crippen LogP contribution in [-0.2, 0) is 11.2 Å². The first-order valence-corrected chi connectivity index (χ1v) is 8.40. The van der Waals surface area contributed by atoms with Crippen LogP contribution in [0.4, 0.5) is 4.79 Å². The molecule has 138 valence electrons. The van der Waals surface area contributed by atoms with Gasteiger partial charge in [0, 0.05) is 6.04 Å². The predicted molar refractivity (Wildman–Crippen MR) is 100 cm³/mol. The average Bonchev–Trinajstić information content (AvgIpc) is 2.60. The Morgan fingerprint density at radius 2 is 2.08 bits per heavy atom. The quantitative estimate of drug-likeness (QED) is 0.560. The average molecular weight is 355 g/mol. The lowest BCUT2D eigenvalue weighted by Crippen LogP contribution is -2.38. The van der Waals surface area contributed by atoms with Crippen LogP contribution in [-0.4, -0.2) is 23.1 Å². The van der Waals surface area contributed by atoms with Crippen LogP contribution in [0.2, 0.25) is 0 Å². The highest BCUT2D eigenvalue weighted by Gasteiger charge is 2.17. The summed E-state index contributed by atoms with van der Waals surface area (Å²) in [7, 11) is 0. The number of amides is 2. The maximum absolute atomic E-state index is 12.1. The van der Waals surface area contributed by atoms with Gasteiger partial charge < -0.3 is 15.7 Å². The lowest BCUT2D eigenvalue weighted by molar-refractivity contribution is -0.123. The molecule has 0 radical (unpaired) electrons. The Labute approximate surface area is 154 Å². The van der Waals surface area contributed by atoms with E-state index in [9.17, 15) is 9.59 Å². The van der Waals surface area contributed by atoms with Crippen molar-refractivity contribution in [3.63, 3.8) is 0 Å². The number of hydrogen-bond donors (Lipinski definition) is 3. The van der Waals surface area contributed by atoms with Gasteiger partial charge >= 0.3 is 6.09 Å². The zero-order chi connectivity index (χ0) is 19.5. The van der Waals surface area contributed by atoms with Crippen LogP contribution in [0.3, 0.4) is 0 Å². The molecule has 1 aromatic carbocycles. The predicted octanol–water partition coefficient (Wildman–Crippen LogP) is 3.33. The van der Waals surface area contributed by atoms with Crippen LogP contribution < -0.4 is 10.6 Å². The van der Waals surface area contributed by atoms with Gasteiger partial charge in [0.2, 0.25) is 5.91 Å². The van der Waals surface area contributed by atoms with Crippen molar-refractivity contribution in [2.45, 2.75) is 38.3 Å². The van der Waals surface area contributed by atoms with E-state index in [4.69, 9.17) is 10.4 Å². The number of rotatable bonds is 10. The van der Waals surface area contributed by atoms with Gasteiger partial charge in [-0.3, -0.25) is 4.79 Å². The van der Waals surface area contributed by atoms with E-state index in [1.54, 1.807) is 19.1 Å². The molecular weight excluding hydrogens is 330 g/mol. The molecule has 0 aliphatic carbocycles. The number of carbonyl (C=O) groups is 2. The summed E-state index contributed by atoms with van der Waals surface area (Å²) in [5, 5.41) is 23.4. The highest BCUT2D eigenvalue weighted by molar-refractivity contribution is 5.80. The van der Waals surface area contributed by atoms with E-state index in [0.29, 0.717) is 12.8 Å². The third kappa shape index (κ3) is 6.81. The Kier molecular flexibility index (Phi) is 8.65. The highest BCUT2D eigenvalue weighted by atomic mass is 16.4. The van der Waals surface area contributed by atoms with Crippen molar-refractivity contribution in [1.29, 1.82) is 5.26 Å². The summed E-state index contributed by atoms with van der Waals surface area (Å²) in [5.74, 6) is -0.507. The van der Waals surface area contributed by atoms with Crippen LogP contribution in [0.15, 0.2) is 49.6 Å². The summed E-state index contributed by atoms with van der Waals surface area (Å²) in [4.78, 5) is 23.0. The van der Waals surface area contributed by atoms with Gasteiger partial charge in [0.25, 0.3) is 0 Å². The second-order valence-electron chi connectivity index (χ2n) is 6.07. The SMILES string of the molecule is C=CC[C@H](NC(=O)O)c1cccc(CC(CC#N)NC(=O)C(C)C=C)c1. The third-order valence-electron chi connectivity index (χ3n) is 3.99. The third-order valence-corrected chi connectivity index (χ3v) is 3.99. The molecular formula is C20H25N3O3. The standard InChI is InChI=1S/C20H25N3O3/c1-4-7-18(23-20(25)26)16-9-6-8-15(12-16)13-17(10-11-21)22-19(24)14(3)5-2/h4-6,8-9,12,14,17-18,23H,1-2,7,10,13H2,3H3,(H,22,24)(H,25,26)/t14?,17?,18-/m0/s1. The fourth-order valence-electron chi connectivity index (χ4n) is 2.54. The molecule has 6 nitrogen and oxygen atoms in total. The number of nitriles is 1. The Morgan fingerprint density at radius 3 is 2.65 bits per heavy atom. The number of carbonyl (C=O) groups excluding carboxylic acids is 1. The van der Waals surface area contributed by atoms with E-state index in [2.05, 4.69) is 29.9 Å². The molecule has 26 heavy (non-hydrogen) atoms. The largest absolute Gasteiger partial charge is 0.465 e. The van der Waals surface area contributed by atoms with Crippen LogP contribution >= 0.6 is 0 Å². The summed E-state index contributed by atoms with van der Waals surface area (Å²) in [6.45, 7) is 9.00. The van der Waals surface area contributed by atoms with Crippen LogP contribution in [0.25, 0.3) is 0 Å². The molecule has 0 aromatic heterocycles. The van der Waals surface area contributed by atoms with Gasteiger partial charge in [0.1, 0.15) is 0 Å². The molecule has 1 aromatic rings. The molecule has 3 atom stereocenters. The Bertz CT molecular complexity index is 694. The number of hydrogen-bond acceptors (Lipinski definition) is 3. The number of benzene rings is 1. The van der Waals surface area contributed by atoms with Crippen molar-refractivity contribution in [3.05, 3.63) is 60.7 Å². The molecule has 0 aliphatic rings. The Balaban J connectivity index is 2.94. The molecule has 2 unspecified atom stereocenters. The van der Waals surface area contributed by atoms with E-state index in [0.717, 1.165) is 11.1 Å². The molecule has 0 bridgehead atoms. The van der Waals surface area contributed by atoms with Crippen molar-refractivity contribution in [2.75, 3.05) is 0 Å². The van der Waals surface area contributed by atoms with Gasteiger partial charge in [0.15, 0.2) is 0 Å². The number of nitrogens with zero attached hydrogens (tertiary/aromatic N) is 1. The second-order valence-corrected chi connectivity index (χ2v) is 6.07. The Hall–Kier alpha value is -3.07. The summed E-state index contributed by atoms with van der Waals surface area (Å²) in [6, 6.07) is 8.82. The van der Waals surface area contributed by atoms with E-state index in [1.807, 2.05) is 24.3 Å². The first-order valence-electron chi connectivity index (χ1n) is 8.40. The number of carboxylic acid groups (broad SMARTS) is 1. The van der Waals surface area contributed by atoms with Gasteiger partial charge in [-0.05, 0) is 24.0 Å². The van der Waals surface area contributed by atoms with Gasteiger partial charge in [-0.15, -0.1) is 13.2 Å². The summed E-state index contributed by atoms with van der Waals surface area (Å²) < 4.78 is 0. The fraction of sp³-hybridized carbons (Fsp3) is 0.350. The van der Waals surface area contributed by atoms with Crippen molar-refractivity contribution >= 4 is 12.0 Å². The minimum atomic E-state index is -1.10. The van der Waals surface area contributed by atoms with E-state index in [1.165, 1.54) is 0 Å². The maximum Gasteiger partial charge on any atom is 0.405 e. The molecule has 0 aliphatic heterocycles. The fourth-order valence-corrected chi connectivity index (χ4v) is 2.54. The van der Waals surface area contributed by atoms with Gasteiger partial charge in [0.05, 0.1) is 24.4 Å². The number of nitrogens with one attached hydrogen (secondary N) is 2. The minimum absolute atomic E-state index is 0.173. The summed E-state index contributed by atoms with van der Waals surface area (Å²) >= 11 is 0. The maximum atomic E-state index is 12.1. The van der Waals surface area contributed by atoms with Crippen LogP contribution in [0.5, 0.6) is 0 Å². The molecule has 0 saturated carbocycles. The molecule has 0 fully saturated rings. The lowest BCUT2D eigenvalue weighted by Gasteiger charge is -2.20. The molecule has 6 heteroatoms. The van der Waals surface area contributed by atoms with E-state index in [-0.39, 0.29) is 24.3 Å². The highest BCUT2D eigenvalue weighted by Crippen LogP contribution is 2.20. The normalized spacial score (nSPS) is 13.5. The molecule has 0 spiro atoms. The van der Waals surface area contributed by atoms with Crippen LogP contribution in [0.1, 0.15) is 36.9 Å². The molecule has 3 N–H and O–H groups in total. The van der Waals surface area contributed by atoms with E-state index < -0.39 is 12.1 Å². The summed E-state index contributed by atoms with van der Waals surface area (Å²) in [6.07, 6.45) is 3.23. The smallest absolute Gasteiger partial charge is 0.405 e. The zero-order valence-electron chi connectivity index (χ0n) is 14.9. The Morgan fingerprint density at radius 1 is 1.35 bits per heavy atom. The first-order chi connectivity index (χ1) is 12.4. The second kappa shape index (κ2) is 10.7. The molecule has 0 saturated heterocycles. The van der Waals surface area contributed by atoms with Crippen molar-refractivity contribution < 1.29 is 14.7 Å². The molecule has 0 heterocycles. The topological polar surface area (TPSA) is 102 Å². The van der Waals surface area contributed by atoms with Crippen LogP contribution in [0, 0.1) is 17.2 Å². The lowest BCUT2D eigenvalue weighted by atomic mass is 9.97. The van der Waals surface area contributed by atoms with Crippen molar-refractivity contribution in [1.82, 2.24) is 10.6 Å². The van der Waals surface area contributed by atoms with Gasteiger partial charge in [-0.2, -0.15) is 5.26 Å². The summed E-state index contributed by atoms with van der Waals surface area (Å²) in [5.41, 5.74) is 1.72. The monoisotopic (exact) mass is 355 g/mol. The van der Waals surface area contributed by atoms with Gasteiger partial charge in [-0.1, -0.05) is 43.3 Å². The molecule has 1 rings (SSSR count).